The molecule has 1 amide bonds. The molecule has 21 heavy (non-hydrogen) atoms. The minimum atomic E-state index is -0.936. The highest BCUT2D eigenvalue weighted by Crippen LogP contribution is 2.24. The van der Waals surface area contributed by atoms with Crippen LogP contribution in [0.15, 0.2) is 17.5 Å². The summed E-state index contributed by atoms with van der Waals surface area (Å²) in [4.78, 5) is 26.2. The van der Waals surface area contributed by atoms with Gasteiger partial charge < -0.3 is 11.1 Å². The van der Waals surface area contributed by atoms with Gasteiger partial charge in [0, 0.05) is 11.1 Å². The first-order chi connectivity index (χ1) is 9.88. The number of carbonyl (C=O) groups is 1. The topological polar surface area (TPSA) is 111 Å². The second-order valence-electron chi connectivity index (χ2n) is 4.21. The molecule has 0 atom stereocenters. The van der Waals surface area contributed by atoms with Crippen LogP contribution < -0.4 is 11.1 Å². The molecule has 110 valence electrons. The second-order valence-corrected chi connectivity index (χ2v) is 5.16. The SMILES string of the molecule is Cc1csc(CNC(=O)c2cc(N)c(F)cc2[N+](=O)[O-])n1. The molecule has 0 bridgehead atoms. The van der Waals surface area contributed by atoms with E-state index in [0.717, 1.165) is 11.8 Å². The van der Waals surface area contributed by atoms with Crippen molar-refractivity contribution in [2.45, 2.75) is 13.5 Å². The summed E-state index contributed by atoms with van der Waals surface area (Å²) in [5, 5.41) is 15.9. The van der Waals surface area contributed by atoms with E-state index in [1.54, 1.807) is 0 Å². The first-order valence-electron chi connectivity index (χ1n) is 5.81. The van der Waals surface area contributed by atoms with Crippen molar-refractivity contribution in [3.8, 4) is 0 Å². The summed E-state index contributed by atoms with van der Waals surface area (Å²) in [6, 6.07) is 1.59. The lowest BCUT2D eigenvalue weighted by molar-refractivity contribution is -0.385. The van der Waals surface area contributed by atoms with Gasteiger partial charge in [0.25, 0.3) is 11.6 Å². The quantitative estimate of drug-likeness (QED) is 0.510. The van der Waals surface area contributed by atoms with Crippen LogP contribution >= 0.6 is 11.3 Å². The molecule has 3 N–H and O–H groups in total. The van der Waals surface area contributed by atoms with Crippen molar-refractivity contribution in [3.05, 3.63) is 49.7 Å². The van der Waals surface area contributed by atoms with Crippen LogP contribution in [0.1, 0.15) is 21.1 Å². The smallest absolute Gasteiger partial charge is 0.285 e. The summed E-state index contributed by atoms with van der Waals surface area (Å²) in [7, 11) is 0. The molecular weight excluding hydrogens is 299 g/mol. The zero-order valence-corrected chi connectivity index (χ0v) is 11.7. The number of aromatic nitrogens is 1. The predicted molar refractivity (Wildman–Crippen MR) is 75.5 cm³/mol. The van der Waals surface area contributed by atoms with Crippen LogP contribution in [-0.4, -0.2) is 15.8 Å². The van der Waals surface area contributed by atoms with Gasteiger partial charge in [-0.2, -0.15) is 0 Å². The number of carbonyl (C=O) groups excluding carboxylic acids is 1. The maximum Gasteiger partial charge on any atom is 0.285 e. The Morgan fingerprint density at radius 2 is 2.29 bits per heavy atom. The molecule has 7 nitrogen and oxygen atoms in total. The molecule has 2 aromatic rings. The minimum absolute atomic E-state index is 0.131. The Morgan fingerprint density at radius 3 is 2.86 bits per heavy atom. The number of rotatable bonds is 4. The van der Waals surface area contributed by atoms with Crippen molar-refractivity contribution in [1.82, 2.24) is 10.3 Å². The number of nitro benzene ring substituents is 1. The summed E-state index contributed by atoms with van der Waals surface area (Å²) in [5.74, 6) is -1.64. The highest BCUT2D eigenvalue weighted by atomic mass is 32.1. The van der Waals surface area contributed by atoms with Crippen LogP contribution in [0.3, 0.4) is 0 Å². The molecule has 0 aliphatic rings. The van der Waals surface area contributed by atoms with Gasteiger partial charge in [0.2, 0.25) is 0 Å². The summed E-state index contributed by atoms with van der Waals surface area (Å²) < 4.78 is 13.3. The second kappa shape index (κ2) is 5.83. The fourth-order valence-corrected chi connectivity index (χ4v) is 2.36. The predicted octanol–water partition coefficient (Wildman–Crippen LogP) is 2.01. The molecule has 0 fully saturated rings. The lowest BCUT2D eigenvalue weighted by atomic mass is 10.1. The van der Waals surface area contributed by atoms with Gasteiger partial charge in [0.05, 0.1) is 23.2 Å². The van der Waals surface area contributed by atoms with Gasteiger partial charge in [0.1, 0.15) is 10.6 Å². The number of amides is 1. The molecule has 0 spiro atoms. The molecule has 0 radical (unpaired) electrons. The third-order valence-corrected chi connectivity index (χ3v) is 3.59. The third-order valence-electron chi connectivity index (χ3n) is 2.62. The molecule has 0 saturated heterocycles. The van der Waals surface area contributed by atoms with Crippen LogP contribution in [0.2, 0.25) is 0 Å². The first kappa shape index (κ1) is 14.9. The van der Waals surface area contributed by atoms with E-state index in [9.17, 15) is 19.3 Å². The number of hydrogen-bond acceptors (Lipinski definition) is 6. The molecule has 0 saturated carbocycles. The Labute approximate surface area is 122 Å². The summed E-state index contributed by atoms with van der Waals surface area (Å²) in [6.45, 7) is 1.94. The van der Waals surface area contributed by atoms with Crippen molar-refractivity contribution in [3.63, 3.8) is 0 Å². The molecular formula is C12H11FN4O3S. The van der Waals surface area contributed by atoms with Crippen LogP contribution in [0.5, 0.6) is 0 Å². The van der Waals surface area contributed by atoms with E-state index in [1.807, 2.05) is 12.3 Å². The third kappa shape index (κ3) is 3.31. The van der Waals surface area contributed by atoms with Crippen molar-refractivity contribution < 1.29 is 14.1 Å². The first-order valence-corrected chi connectivity index (χ1v) is 6.69. The number of nitrogens with two attached hydrogens (primary N) is 1. The van der Waals surface area contributed by atoms with Crippen molar-refractivity contribution in [1.29, 1.82) is 0 Å². The number of anilines is 1. The molecule has 0 unspecified atom stereocenters. The molecule has 0 aliphatic carbocycles. The van der Waals surface area contributed by atoms with Gasteiger partial charge in [-0.05, 0) is 13.0 Å². The number of nitro groups is 1. The number of thiazole rings is 1. The van der Waals surface area contributed by atoms with E-state index in [2.05, 4.69) is 10.3 Å². The number of hydrogen-bond donors (Lipinski definition) is 2. The number of nitrogens with one attached hydrogen (secondary N) is 1. The van der Waals surface area contributed by atoms with Crippen molar-refractivity contribution in [2.24, 2.45) is 0 Å². The van der Waals surface area contributed by atoms with Crippen molar-refractivity contribution >= 4 is 28.6 Å². The molecule has 0 aliphatic heterocycles. The maximum atomic E-state index is 13.3. The number of benzene rings is 1. The van der Waals surface area contributed by atoms with Gasteiger partial charge in [-0.25, -0.2) is 9.37 Å². The zero-order valence-electron chi connectivity index (χ0n) is 10.9. The van der Waals surface area contributed by atoms with E-state index < -0.39 is 22.3 Å². The monoisotopic (exact) mass is 310 g/mol. The van der Waals surface area contributed by atoms with E-state index >= 15 is 0 Å². The highest BCUT2D eigenvalue weighted by Gasteiger charge is 2.23. The Morgan fingerprint density at radius 1 is 1.57 bits per heavy atom. The van der Waals surface area contributed by atoms with Crippen molar-refractivity contribution in [2.75, 3.05) is 5.73 Å². The fraction of sp³-hybridized carbons (Fsp3) is 0.167. The summed E-state index contributed by atoms with van der Waals surface area (Å²) in [6.07, 6.45) is 0. The standard InChI is InChI=1S/C12H11FN4O3S/c1-6-5-21-11(16-6)4-15-12(18)7-2-9(14)8(13)3-10(7)17(19)20/h2-3,5H,4,14H2,1H3,(H,15,18). The number of nitrogens with zero attached hydrogens (tertiary/aromatic N) is 2. The fourth-order valence-electron chi connectivity index (χ4n) is 1.65. The van der Waals surface area contributed by atoms with Gasteiger partial charge in [-0.15, -0.1) is 11.3 Å². The van der Waals surface area contributed by atoms with Gasteiger partial charge in [-0.1, -0.05) is 0 Å². The Balaban J connectivity index is 2.22. The average molecular weight is 310 g/mol. The number of aryl methyl sites for hydroxylation is 1. The molecule has 1 aromatic carbocycles. The lowest BCUT2D eigenvalue weighted by Crippen LogP contribution is -2.24. The van der Waals surface area contributed by atoms with Crippen LogP contribution in [0.25, 0.3) is 0 Å². The summed E-state index contributed by atoms with van der Waals surface area (Å²) >= 11 is 1.36. The maximum absolute atomic E-state index is 13.3. The van der Waals surface area contributed by atoms with Gasteiger partial charge in [-0.3, -0.25) is 14.9 Å². The largest absolute Gasteiger partial charge is 0.396 e. The normalized spacial score (nSPS) is 10.4. The van der Waals surface area contributed by atoms with Gasteiger partial charge in [0.15, 0.2) is 5.82 Å². The molecule has 1 heterocycles. The number of halogens is 1. The molecule has 2 rings (SSSR count). The van der Waals surface area contributed by atoms with E-state index in [4.69, 9.17) is 5.73 Å². The van der Waals surface area contributed by atoms with E-state index in [0.29, 0.717) is 11.1 Å². The highest BCUT2D eigenvalue weighted by molar-refractivity contribution is 7.09. The molecule has 1 aromatic heterocycles. The Bertz CT molecular complexity index is 717. The minimum Gasteiger partial charge on any atom is -0.396 e. The van der Waals surface area contributed by atoms with E-state index in [1.165, 1.54) is 11.3 Å². The Kier molecular flexibility index (Phi) is 4.13. The summed E-state index contributed by atoms with van der Waals surface area (Å²) in [5.41, 5.74) is 4.93. The van der Waals surface area contributed by atoms with Crippen LogP contribution in [0.4, 0.5) is 15.8 Å². The zero-order chi connectivity index (χ0) is 15.6. The van der Waals surface area contributed by atoms with Crippen LogP contribution in [-0.2, 0) is 6.54 Å². The lowest BCUT2D eigenvalue weighted by Gasteiger charge is -2.06. The average Bonchev–Trinajstić information content (AvgIpc) is 2.84. The van der Waals surface area contributed by atoms with Gasteiger partial charge >= 0.3 is 0 Å². The molecule has 9 heteroatoms. The Hall–Kier alpha value is -2.55. The van der Waals surface area contributed by atoms with E-state index in [-0.39, 0.29) is 17.8 Å². The number of nitrogen functional groups attached to an aromatic ring is 1. The van der Waals surface area contributed by atoms with Crippen LogP contribution in [0, 0.1) is 22.9 Å².